The minimum atomic E-state index is -0.968. The average Bonchev–Trinajstić information content (AvgIpc) is 3.30. The Morgan fingerprint density at radius 2 is 1.68 bits per heavy atom. The first-order chi connectivity index (χ1) is 19.5. The summed E-state index contributed by atoms with van der Waals surface area (Å²) in [6, 6.07) is 6.19. The topological polar surface area (TPSA) is 119 Å². The number of hydrogen-bond donors (Lipinski definition) is 5. The van der Waals surface area contributed by atoms with Gasteiger partial charge in [-0.3, -0.25) is 4.72 Å². The number of benzene rings is 1. The van der Waals surface area contributed by atoms with Crippen LogP contribution in [0.15, 0.2) is 29.2 Å². The molecule has 1 aromatic carbocycles. The standard InChI is InChI=1S/C33H50N2O5S/c1-5-23-27-18-21(36)12-15-33(27,4)26-13-16-32(3)24(10-11-25(32)28(26)29(23)37)19(2)14-17-34-31(40)35-41-22-8-6-20(7-9-22)30(38)39/h6-9,19,21,23-29,36-37H,5,10-18H2,1-4H3,(H,38,39)(H2,34,35,40)/t19-,21-,23-,24-,25+,26+,27+,28+,29-,32-,33-/m1/s1. The summed E-state index contributed by atoms with van der Waals surface area (Å²) in [5, 5.41) is 34.5. The lowest BCUT2D eigenvalue weighted by molar-refractivity contribution is -0.203. The van der Waals surface area contributed by atoms with Crippen molar-refractivity contribution >= 4 is 23.9 Å². The van der Waals surface area contributed by atoms with Gasteiger partial charge in [0.2, 0.25) is 0 Å². The van der Waals surface area contributed by atoms with Crippen molar-refractivity contribution in [1.82, 2.24) is 10.0 Å². The Balaban J connectivity index is 1.17. The molecule has 4 fully saturated rings. The first-order valence-corrected chi connectivity index (χ1v) is 16.7. The highest BCUT2D eigenvalue weighted by molar-refractivity contribution is 7.98. The van der Waals surface area contributed by atoms with E-state index in [0.29, 0.717) is 42.1 Å². The second-order valence-corrected chi connectivity index (χ2v) is 15.1. The Morgan fingerprint density at radius 1 is 1.00 bits per heavy atom. The van der Waals surface area contributed by atoms with Crippen LogP contribution in [0.4, 0.5) is 4.79 Å². The van der Waals surface area contributed by atoms with E-state index in [1.54, 1.807) is 12.1 Å². The van der Waals surface area contributed by atoms with Crippen molar-refractivity contribution in [3.63, 3.8) is 0 Å². The highest BCUT2D eigenvalue weighted by atomic mass is 32.2. The molecule has 11 atom stereocenters. The van der Waals surface area contributed by atoms with E-state index in [4.69, 9.17) is 5.11 Å². The molecular weight excluding hydrogens is 536 g/mol. The smallest absolute Gasteiger partial charge is 0.335 e. The quantitative estimate of drug-likeness (QED) is 0.227. The number of aliphatic hydroxyl groups excluding tert-OH is 2. The van der Waals surface area contributed by atoms with Gasteiger partial charge in [0.25, 0.3) is 0 Å². The van der Waals surface area contributed by atoms with Gasteiger partial charge in [-0.15, -0.1) is 0 Å². The number of carboxylic acids is 1. The predicted molar refractivity (Wildman–Crippen MR) is 161 cm³/mol. The van der Waals surface area contributed by atoms with Gasteiger partial charge in [0, 0.05) is 11.4 Å². The summed E-state index contributed by atoms with van der Waals surface area (Å²) in [5.74, 6) is 2.26. The zero-order valence-electron chi connectivity index (χ0n) is 25.1. The summed E-state index contributed by atoms with van der Waals surface area (Å²) in [7, 11) is 0. The molecule has 4 aliphatic carbocycles. The summed E-state index contributed by atoms with van der Waals surface area (Å²) in [6.45, 7) is 10.2. The van der Waals surface area contributed by atoms with Crippen LogP contribution in [-0.4, -0.2) is 46.1 Å². The van der Waals surface area contributed by atoms with Crippen molar-refractivity contribution in [3.05, 3.63) is 29.8 Å². The van der Waals surface area contributed by atoms with E-state index in [1.165, 1.54) is 49.8 Å². The number of carbonyl (C=O) groups is 2. The highest BCUT2D eigenvalue weighted by Gasteiger charge is 2.64. The van der Waals surface area contributed by atoms with Crippen LogP contribution in [-0.2, 0) is 0 Å². The lowest BCUT2D eigenvalue weighted by Crippen LogP contribution is -2.62. The van der Waals surface area contributed by atoms with Crippen molar-refractivity contribution < 1.29 is 24.9 Å². The summed E-state index contributed by atoms with van der Waals surface area (Å²) in [5.41, 5.74) is 0.666. The number of hydrogen-bond acceptors (Lipinski definition) is 5. The van der Waals surface area contributed by atoms with Crippen LogP contribution in [0.25, 0.3) is 0 Å². The summed E-state index contributed by atoms with van der Waals surface area (Å²) in [6.07, 6.45) is 9.06. The van der Waals surface area contributed by atoms with E-state index >= 15 is 0 Å². The zero-order valence-corrected chi connectivity index (χ0v) is 26.0. The van der Waals surface area contributed by atoms with Crippen LogP contribution in [0.1, 0.15) is 95.8 Å². The highest BCUT2D eigenvalue weighted by Crippen LogP contribution is 2.69. The zero-order chi connectivity index (χ0) is 29.5. The van der Waals surface area contributed by atoms with Crippen molar-refractivity contribution in [1.29, 1.82) is 0 Å². The molecule has 0 bridgehead atoms. The molecule has 7 nitrogen and oxygen atoms in total. The minimum absolute atomic E-state index is 0.212. The van der Waals surface area contributed by atoms with E-state index in [2.05, 4.69) is 37.7 Å². The lowest BCUT2D eigenvalue weighted by atomic mass is 9.41. The van der Waals surface area contributed by atoms with Crippen molar-refractivity contribution in [2.75, 3.05) is 6.54 Å². The maximum absolute atomic E-state index is 12.4. The Bertz CT molecular complexity index is 1100. The molecule has 1 aromatic rings. The van der Waals surface area contributed by atoms with Gasteiger partial charge in [-0.1, -0.05) is 34.1 Å². The van der Waals surface area contributed by atoms with Gasteiger partial charge in [0.1, 0.15) is 0 Å². The number of carbonyl (C=O) groups excluding carboxylic acids is 1. The van der Waals surface area contributed by atoms with Gasteiger partial charge in [-0.2, -0.15) is 0 Å². The van der Waals surface area contributed by atoms with Crippen molar-refractivity contribution in [2.45, 2.75) is 103 Å². The molecule has 0 aromatic heterocycles. The average molecular weight is 587 g/mol. The summed E-state index contributed by atoms with van der Waals surface area (Å²) >= 11 is 1.17. The van der Waals surface area contributed by atoms with Gasteiger partial charge < -0.3 is 20.6 Å². The van der Waals surface area contributed by atoms with Gasteiger partial charge in [-0.05, 0) is 140 Å². The monoisotopic (exact) mass is 586 g/mol. The van der Waals surface area contributed by atoms with Gasteiger partial charge >= 0.3 is 12.0 Å². The molecule has 0 saturated heterocycles. The number of rotatable bonds is 8. The van der Waals surface area contributed by atoms with Crippen LogP contribution >= 0.6 is 11.9 Å². The third-order valence-corrected chi connectivity index (χ3v) is 13.2. The van der Waals surface area contributed by atoms with Crippen LogP contribution in [0.2, 0.25) is 0 Å². The molecular formula is C33H50N2O5S. The third kappa shape index (κ3) is 5.65. The van der Waals surface area contributed by atoms with E-state index in [9.17, 15) is 19.8 Å². The predicted octanol–water partition coefficient (Wildman–Crippen LogP) is 6.34. The van der Waals surface area contributed by atoms with Gasteiger partial charge in [0.15, 0.2) is 0 Å². The van der Waals surface area contributed by atoms with Crippen LogP contribution in [0, 0.1) is 52.3 Å². The normalized spacial score (nSPS) is 40.5. The van der Waals surface area contributed by atoms with Gasteiger partial charge in [-0.25, -0.2) is 9.59 Å². The molecule has 0 aliphatic heterocycles. The summed E-state index contributed by atoms with van der Waals surface area (Å²) < 4.78 is 2.79. The first kappa shape index (κ1) is 30.7. The first-order valence-electron chi connectivity index (χ1n) is 15.9. The maximum atomic E-state index is 12.4. The molecule has 5 N–H and O–H groups in total. The largest absolute Gasteiger partial charge is 0.478 e. The molecule has 8 heteroatoms. The molecule has 2 amide bonds. The molecule has 4 saturated carbocycles. The van der Waals surface area contributed by atoms with Gasteiger partial charge in [0.05, 0.1) is 17.8 Å². The van der Waals surface area contributed by atoms with E-state index < -0.39 is 5.97 Å². The SMILES string of the molecule is CC[C@H]1[C@@H](O)[C@@H]2[C@H](CC[C@]3(C)[C@@H]([C@H](C)CCNC(=O)NSc4ccc(C(=O)O)cc4)CC[C@@H]23)[C@@]2(C)CC[C@@H](O)C[C@@H]12. The molecule has 0 unspecified atom stereocenters. The molecule has 0 heterocycles. The molecule has 0 spiro atoms. The van der Waals surface area contributed by atoms with E-state index in [0.717, 1.165) is 37.0 Å². The number of aliphatic hydroxyl groups is 2. The fraction of sp³-hybridized carbons (Fsp3) is 0.758. The number of amides is 2. The van der Waals surface area contributed by atoms with Crippen molar-refractivity contribution in [2.24, 2.45) is 52.3 Å². The number of urea groups is 1. The minimum Gasteiger partial charge on any atom is -0.478 e. The molecule has 0 radical (unpaired) electrons. The Morgan fingerprint density at radius 3 is 2.37 bits per heavy atom. The van der Waals surface area contributed by atoms with Crippen molar-refractivity contribution in [3.8, 4) is 0 Å². The van der Waals surface area contributed by atoms with Crippen LogP contribution in [0.3, 0.4) is 0 Å². The van der Waals surface area contributed by atoms with Crippen LogP contribution in [0.5, 0.6) is 0 Å². The second kappa shape index (κ2) is 12.1. The molecule has 4 aliphatic rings. The number of nitrogens with one attached hydrogen (secondary N) is 2. The number of fused-ring (bicyclic) bond motifs is 5. The Hall–Kier alpha value is -1.77. The number of carboxylic acid groups (broad SMARTS) is 1. The second-order valence-electron chi connectivity index (χ2n) is 14.2. The number of aromatic carboxylic acids is 1. The maximum Gasteiger partial charge on any atom is 0.335 e. The molecule has 228 valence electrons. The lowest BCUT2D eigenvalue weighted by Gasteiger charge is -2.64. The fourth-order valence-corrected chi connectivity index (χ4v) is 10.9. The summed E-state index contributed by atoms with van der Waals surface area (Å²) in [4.78, 5) is 24.2. The Kier molecular flexibility index (Phi) is 9.04. The molecule has 41 heavy (non-hydrogen) atoms. The Labute approximate surface area is 249 Å². The third-order valence-electron chi connectivity index (χ3n) is 12.4. The van der Waals surface area contributed by atoms with Crippen LogP contribution < -0.4 is 10.0 Å². The van der Waals surface area contributed by atoms with E-state index in [-0.39, 0.29) is 40.6 Å². The van der Waals surface area contributed by atoms with E-state index in [1.807, 2.05) is 0 Å². The fourth-order valence-electron chi connectivity index (χ4n) is 10.4. The molecule has 5 rings (SSSR count).